The van der Waals surface area contributed by atoms with Gasteiger partial charge in [0.05, 0.1) is 12.3 Å². The average Bonchev–Trinajstić information content (AvgIpc) is 1.98. The van der Waals surface area contributed by atoms with E-state index >= 15 is 0 Å². The Morgan fingerprint density at radius 2 is 2.08 bits per heavy atom. The van der Waals surface area contributed by atoms with E-state index in [0.29, 0.717) is 12.3 Å². The molecule has 0 bridgehead atoms. The first-order chi connectivity index (χ1) is 5.83. The number of hydrogen-bond acceptors (Lipinski definition) is 3. The lowest BCUT2D eigenvalue weighted by atomic mass is 10.2. The number of hydrogen-bond donors (Lipinski definition) is 3. The van der Waals surface area contributed by atoms with Crippen molar-refractivity contribution < 1.29 is 8.42 Å². The Labute approximate surface area is 79.3 Å². The Morgan fingerprint density at radius 1 is 1.54 bits per heavy atom. The van der Waals surface area contributed by atoms with E-state index in [9.17, 15) is 8.42 Å². The largest absolute Gasteiger partial charge is 0.387 e. The van der Waals surface area contributed by atoms with E-state index in [0.717, 1.165) is 0 Å². The minimum absolute atomic E-state index is 0.0952. The van der Waals surface area contributed by atoms with Crippen molar-refractivity contribution in [2.24, 2.45) is 11.7 Å². The number of sulfonamides is 1. The number of nitrogens with one attached hydrogen (secondary N) is 2. The molecule has 0 saturated carbocycles. The van der Waals surface area contributed by atoms with Crippen molar-refractivity contribution in [2.75, 3.05) is 12.3 Å². The molecule has 0 aromatic carbocycles. The van der Waals surface area contributed by atoms with Gasteiger partial charge in [0.15, 0.2) is 0 Å². The van der Waals surface area contributed by atoms with Gasteiger partial charge in [-0.2, -0.15) is 0 Å². The first-order valence-corrected chi connectivity index (χ1v) is 5.79. The van der Waals surface area contributed by atoms with Crippen LogP contribution in [0.3, 0.4) is 0 Å². The average molecular weight is 207 g/mol. The zero-order valence-corrected chi connectivity index (χ0v) is 8.82. The molecule has 0 aromatic heterocycles. The maximum atomic E-state index is 11.2. The van der Waals surface area contributed by atoms with Crippen LogP contribution < -0.4 is 10.5 Å². The molecule has 0 spiro atoms. The van der Waals surface area contributed by atoms with E-state index in [1.165, 1.54) is 0 Å². The molecule has 0 aliphatic rings. The summed E-state index contributed by atoms with van der Waals surface area (Å²) in [6.07, 6.45) is 0.618. The molecule has 0 fully saturated rings. The van der Waals surface area contributed by atoms with Gasteiger partial charge in [-0.25, -0.2) is 13.1 Å². The van der Waals surface area contributed by atoms with Gasteiger partial charge in [0.1, 0.15) is 5.84 Å². The fourth-order valence-electron chi connectivity index (χ4n) is 0.651. The third-order valence-corrected chi connectivity index (χ3v) is 2.80. The van der Waals surface area contributed by atoms with E-state index in [1.807, 2.05) is 13.8 Å². The Hall–Kier alpha value is -0.620. The number of rotatable bonds is 6. The normalized spacial score (nSPS) is 11.9. The Balaban J connectivity index is 3.88. The highest BCUT2D eigenvalue weighted by molar-refractivity contribution is 7.89. The quantitative estimate of drug-likeness (QED) is 0.419. The standard InChI is InChI=1S/C7H17N3O2S/c1-6(2)3-4-13(11,12)10-5-7(8)9/h6,10H,3-5H2,1-2H3,(H3,8,9). The van der Waals surface area contributed by atoms with E-state index in [2.05, 4.69) is 4.72 Å². The van der Waals surface area contributed by atoms with Crippen molar-refractivity contribution in [2.45, 2.75) is 20.3 Å². The molecule has 78 valence electrons. The van der Waals surface area contributed by atoms with Gasteiger partial charge in [0.2, 0.25) is 10.0 Å². The summed E-state index contributed by atoms with van der Waals surface area (Å²) >= 11 is 0. The van der Waals surface area contributed by atoms with Crippen LogP contribution in [0.4, 0.5) is 0 Å². The highest BCUT2D eigenvalue weighted by atomic mass is 32.2. The van der Waals surface area contributed by atoms with Crippen LogP contribution in [0.25, 0.3) is 0 Å². The van der Waals surface area contributed by atoms with Crippen LogP contribution >= 0.6 is 0 Å². The smallest absolute Gasteiger partial charge is 0.212 e. The molecular weight excluding hydrogens is 190 g/mol. The van der Waals surface area contributed by atoms with Crippen molar-refractivity contribution >= 4 is 15.9 Å². The monoisotopic (exact) mass is 207 g/mol. The lowest BCUT2D eigenvalue weighted by Gasteiger charge is -2.06. The first kappa shape index (κ1) is 12.4. The molecule has 13 heavy (non-hydrogen) atoms. The molecule has 6 heteroatoms. The summed E-state index contributed by atoms with van der Waals surface area (Å²) in [7, 11) is -3.24. The van der Waals surface area contributed by atoms with Gasteiger partial charge < -0.3 is 5.73 Å². The van der Waals surface area contributed by atoms with Crippen molar-refractivity contribution in [1.82, 2.24) is 4.72 Å². The van der Waals surface area contributed by atoms with Gasteiger partial charge in [0.25, 0.3) is 0 Å². The van der Waals surface area contributed by atoms with Crippen molar-refractivity contribution in [3.05, 3.63) is 0 Å². The molecule has 0 aliphatic heterocycles. The zero-order chi connectivity index (χ0) is 10.5. The van der Waals surface area contributed by atoms with Gasteiger partial charge in [-0.3, -0.25) is 5.41 Å². The SMILES string of the molecule is CC(C)CCS(=O)(=O)NCC(=N)N. The van der Waals surface area contributed by atoms with Crippen LogP contribution in [-0.2, 0) is 10.0 Å². The van der Waals surface area contributed by atoms with Gasteiger partial charge in [-0.05, 0) is 12.3 Å². The predicted molar refractivity (Wildman–Crippen MR) is 53.2 cm³/mol. The van der Waals surface area contributed by atoms with Gasteiger partial charge in [-0.1, -0.05) is 13.8 Å². The highest BCUT2D eigenvalue weighted by Crippen LogP contribution is 2.01. The van der Waals surface area contributed by atoms with E-state index in [-0.39, 0.29) is 18.1 Å². The lowest BCUT2D eigenvalue weighted by molar-refractivity contribution is 0.565. The van der Waals surface area contributed by atoms with Crippen LogP contribution in [0, 0.1) is 11.3 Å². The molecule has 0 radical (unpaired) electrons. The summed E-state index contributed by atoms with van der Waals surface area (Å²) in [6.45, 7) is 3.82. The van der Waals surface area contributed by atoms with Crippen LogP contribution in [-0.4, -0.2) is 26.6 Å². The van der Waals surface area contributed by atoms with Gasteiger partial charge in [0, 0.05) is 0 Å². The molecule has 0 atom stereocenters. The lowest BCUT2D eigenvalue weighted by Crippen LogP contribution is -2.34. The second-order valence-corrected chi connectivity index (χ2v) is 5.27. The summed E-state index contributed by atoms with van der Waals surface area (Å²) in [5.41, 5.74) is 5.01. The first-order valence-electron chi connectivity index (χ1n) is 4.13. The molecule has 0 heterocycles. The number of nitrogens with two attached hydrogens (primary N) is 1. The number of amidine groups is 1. The molecular formula is C7H17N3O2S. The van der Waals surface area contributed by atoms with E-state index in [4.69, 9.17) is 11.1 Å². The van der Waals surface area contributed by atoms with Crippen molar-refractivity contribution in [3.63, 3.8) is 0 Å². The van der Waals surface area contributed by atoms with Crippen molar-refractivity contribution in [3.8, 4) is 0 Å². The summed E-state index contributed by atoms with van der Waals surface area (Å²) in [5.74, 6) is 0.278. The molecule has 0 saturated heterocycles. The van der Waals surface area contributed by atoms with Crippen LogP contribution in [0.15, 0.2) is 0 Å². The molecule has 0 rings (SSSR count). The molecule has 4 N–H and O–H groups in total. The van der Waals surface area contributed by atoms with Crippen molar-refractivity contribution in [1.29, 1.82) is 5.41 Å². The van der Waals surface area contributed by atoms with Gasteiger partial charge >= 0.3 is 0 Å². The van der Waals surface area contributed by atoms with Crippen LogP contribution in [0.1, 0.15) is 20.3 Å². The van der Waals surface area contributed by atoms with Gasteiger partial charge in [-0.15, -0.1) is 0 Å². The Bertz CT molecular complexity index is 259. The predicted octanol–water partition coefficient (Wildman–Crippen LogP) is -0.112. The molecule has 0 aliphatic carbocycles. The second-order valence-electron chi connectivity index (χ2n) is 3.35. The maximum Gasteiger partial charge on any atom is 0.212 e. The zero-order valence-electron chi connectivity index (χ0n) is 8.00. The van der Waals surface area contributed by atoms with Crippen LogP contribution in [0.2, 0.25) is 0 Å². The summed E-state index contributed by atoms with van der Waals surface area (Å²) in [6, 6.07) is 0. The molecule has 0 aromatic rings. The third-order valence-electron chi connectivity index (χ3n) is 1.45. The minimum Gasteiger partial charge on any atom is -0.387 e. The molecule has 0 unspecified atom stereocenters. The molecule has 5 nitrogen and oxygen atoms in total. The molecule has 0 amide bonds. The van der Waals surface area contributed by atoms with Crippen LogP contribution in [0.5, 0.6) is 0 Å². The minimum atomic E-state index is -3.24. The Morgan fingerprint density at radius 3 is 2.46 bits per heavy atom. The summed E-state index contributed by atoms with van der Waals surface area (Å²) in [5, 5.41) is 6.84. The third kappa shape index (κ3) is 7.73. The van der Waals surface area contributed by atoms with E-state index < -0.39 is 10.0 Å². The second kappa shape index (κ2) is 5.18. The summed E-state index contributed by atoms with van der Waals surface area (Å²) < 4.78 is 24.6. The fourth-order valence-corrected chi connectivity index (χ4v) is 1.95. The summed E-state index contributed by atoms with van der Waals surface area (Å²) in [4.78, 5) is 0. The Kier molecular flexibility index (Phi) is 4.94. The highest BCUT2D eigenvalue weighted by Gasteiger charge is 2.10. The fraction of sp³-hybridized carbons (Fsp3) is 0.857. The topological polar surface area (TPSA) is 96.0 Å². The maximum absolute atomic E-state index is 11.2. The van der Waals surface area contributed by atoms with E-state index in [1.54, 1.807) is 0 Å².